The molecular weight excluding hydrogens is 364 g/mol. The van der Waals surface area contributed by atoms with E-state index in [4.69, 9.17) is 21.1 Å². The van der Waals surface area contributed by atoms with Gasteiger partial charge in [-0.1, -0.05) is 41.9 Å². The van der Waals surface area contributed by atoms with Crippen LogP contribution in [0.25, 0.3) is 10.9 Å². The summed E-state index contributed by atoms with van der Waals surface area (Å²) < 4.78 is 13.1. The third-order valence-electron chi connectivity index (χ3n) is 4.35. The fraction of sp³-hybridized carbons (Fsp3) is 0.286. The Morgan fingerprint density at radius 3 is 2.56 bits per heavy atom. The number of likely N-dealkylation sites (N-methyl/N-ethyl adjacent to an activating group) is 1. The lowest BCUT2D eigenvalue weighted by Crippen LogP contribution is -2.21. The molecule has 0 radical (unpaired) electrons. The molecule has 0 unspecified atom stereocenters. The smallest absolute Gasteiger partial charge is 0.358 e. The number of methoxy groups -OCH3 is 1. The summed E-state index contributed by atoms with van der Waals surface area (Å²) in [6.45, 7) is 1.75. The molecule has 1 heterocycles. The van der Waals surface area contributed by atoms with Crippen LogP contribution in [0.5, 0.6) is 5.75 Å². The Labute approximate surface area is 164 Å². The Balaban J connectivity index is 2.10. The number of fused-ring (bicyclic) bond motifs is 1. The van der Waals surface area contributed by atoms with Gasteiger partial charge in [-0.3, -0.25) is 0 Å². The first-order valence-corrected chi connectivity index (χ1v) is 9.10. The molecule has 0 aliphatic rings. The molecule has 0 fully saturated rings. The number of nitrogens with zero attached hydrogens (tertiary/aromatic N) is 2. The summed E-state index contributed by atoms with van der Waals surface area (Å²) in [6, 6.07) is 15.4. The second-order valence-corrected chi connectivity index (χ2v) is 7.00. The van der Waals surface area contributed by atoms with Crippen LogP contribution in [0.2, 0.25) is 5.02 Å². The number of benzene rings is 2. The summed E-state index contributed by atoms with van der Waals surface area (Å²) in [6.07, 6.45) is 0. The summed E-state index contributed by atoms with van der Waals surface area (Å²) in [5, 5.41) is 1.39. The number of carbonyl (C=O) groups excluding carboxylic acids is 1. The quantitative estimate of drug-likeness (QED) is 0.570. The Kier molecular flexibility index (Phi) is 6.04. The molecule has 0 aliphatic heterocycles. The highest BCUT2D eigenvalue weighted by Crippen LogP contribution is 2.36. The van der Waals surface area contributed by atoms with Crippen molar-refractivity contribution in [3.05, 3.63) is 64.8 Å². The van der Waals surface area contributed by atoms with Crippen molar-refractivity contribution in [2.24, 2.45) is 0 Å². The van der Waals surface area contributed by atoms with Crippen LogP contribution in [-0.2, 0) is 17.9 Å². The maximum Gasteiger partial charge on any atom is 0.358 e. The molecular formula is C21H23ClN2O3. The van der Waals surface area contributed by atoms with Crippen molar-refractivity contribution in [3.8, 4) is 5.75 Å². The second-order valence-electron chi connectivity index (χ2n) is 6.56. The summed E-state index contributed by atoms with van der Waals surface area (Å²) in [4.78, 5) is 14.7. The molecule has 0 bridgehead atoms. The van der Waals surface area contributed by atoms with E-state index in [0.29, 0.717) is 29.6 Å². The zero-order valence-electron chi connectivity index (χ0n) is 15.7. The van der Waals surface area contributed by atoms with Crippen molar-refractivity contribution in [3.63, 3.8) is 0 Å². The highest BCUT2D eigenvalue weighted by Gasteiger charge is 2.25. The fourth-order valence-corrected chi connectivity index (χ4v) is 3.18. The van der Waals surface area contributed by atoms with Gasteiger partial charge in [-0.25, -0.2) is 4.79 Å². The van der Waals surface area contributed by atoms with Gasteiger partial charge in [0.15, 0.2) is 11.4 Å². The Morgan fingerprint density at radius 1 is 1.15 bits per heavy atom. The van der Waals surface area contributed by atoms with E-state index in [1.165, 1.54) is 7.11 Å². The Bertz CT molecular complexity index is 935. The first-order chi connectivity index (χ1) is 13.0. The van der Waals surface area contributed by atoms with Crippen LogP contribution in [0, 0.1) is 0 Å². The number of carbonyl (C=O) groups is 1. The number of ether oxygens (including phenoxy) is 2. The van der Waals surface area contributed by atoms with Crippen LogP contribution < -0.4 is 4.74 Å². The topological polar surface area (TPSA) is 43.7 Å². The number of hydrogen-bond donors (Lipinski definition) is 0. The van der Waals surface area contributed by atoms with E-state index < -0.39 is 5.97 Å². The molecule has 0 saturated carbocycles. The van der Waals surface area contributed by atoms with E-state index in [2.05, 4.69) is 4.90 Å². The molecule has 2 aromatic carbocycles. The summed E-state index contributed by atoms with van der Waals surface area (Å²) in [5.74, 6) is 0.0751. The minimum atomic E-state index is -0.427. The fourth-order valence-electron chi connectivity index (χ4n) is 3.00. The molecule has 3 aromatic rings. The van der Waals surface area contributed by atoms with Gasteiger partial charge in [0, 0.05) is 23.5 Å². The van der Waals surface area contributed by atoms with Crippen molar-refractivity contribution in [1.29, 1.82) is 0 Å². The summed E-state index contributed by atoms with van der Waals surface area (Å²) in [5.41, 5.74) is 2.32. The molecule has 142 valence electrons. The van der Waals surface area contributed by atoms with E-state index in [0.717, 1.165) is 23.0 Å². The molecule has 0 aliphatic carbocycles. The van der Waals surface area contributed by atoms with Gasteiger partial charge in [0.1, 0.15) is 6.61 Å². The molecule has 0 amide bonds. The van der Waals surface area contributed by atoms with E-state index in [-0.39, 0.29) is 0 Å². The lowest BCUT2D eigenvalue weighted by molar-refractivity contribution is 0.0583. The molecule has 0 atom stereocenters. The first kappa shape index (κ1) is 19.3. The van der Waals surface area contributed by atoms with Gasteiger partial charge in [-0.15, -0.1) is 0 Å². The SMILES string of the molecule is COC(=O)c1c(OCc2ccccc2)c2cc(Cl)ccc2n1CCN(C)C. The van der Waals surface area contributed by atoms with Crippen molar-refractivity contribution in [2.45, 2.75) is 13.2 Å². The minimum absolute atomic E-state index is 0.351. The molecule has 1 aromatic heterocycles. The van der Waals surface area contributed by atoms with Gasteiger partial charge in [-0.2, -0.15) is 0 Å². The zero-order valence-corrected chi connectivity index (χ0v) is 16.5. The number of rotatable bonds is 7. The average Bonchev–Trinajstić information content (AvgIpc) is 2.97. The van der Waals surface area contributed by atoms with Gasteiger partial charge in [0.2, 0.25) is 0 Å². The van der Waals surface area contributed by atoms with E-state index in [1.807, 2.05) is 67.2 Å². The Hall–Kier alpha value is -2.50. The number of hydrogen-bond acceptors (Lipinski definition) is 4. The zero-order chi connectivity index (χ0) is 19.4. The van der Waals surface area contributed by atoms with Crippen molar-refractivity contribution >= 4 is 28.5 Å². The normalized spacial score (nSPS) is 11.1. The average molecular weight is 387 g/mol. The molecule has 27 heavy (non-hydrogen) atoms. The lowest BCUT2D eigenvalue weighted by Gasteiger charge is -2.14. The van der Waals surface area contributed by atoms with Gasteiger partial charge >= 0.3 is 5.97 Å². The highest BCUT2D eigenvalue weighted by molar-refractivity contribution is 6.31. The van der Waals surface area contributed by atoms with Crippen LogP contribution in [0.4, 0.5) is 0 Å². The predicted molar refractivity (Wildman–Crippen MR) is 108 cm³/mol. The molecule has 6 heteroatoms. The number of halogens is 1. The second kappa shape index (κ2) is 8.46. The summed E-state index contributed by atoms with van der Waals surface area (Å²) >= 11 is 6.22. The lowest BCUT2D eigenvalue weighted by atomic mass is 10.2. The molecule has 0 saturated heterocycles. The van der Waals surface area contributed by atoms with Crippen molar-refractivity contribution < 1.29 is 14.3 Å². The predicted octanol–water partition coefficient (Wildman–Crippen LogP) is 4.22. The molecule has 0 N–H and O–H groups in total. The maximum atomic E-state index is 12.6. The van der Waals surface area contributed by atoms with Crippen LogP contribution in [0.15, 0.2) is 48.5 Å². The van der Waals surface area contributed by atoms with Gasteiger partial charge in [-0.05, 0) is 37.9 Å². The largest absolute Gasteiger partial charge is 0.486 e. The highest BCUT2D eigenvalue weighted by atomic mass is 35.5. The van der Waals surface area contributed by atoms with E-state index >= 15 is 0 Å². The number of esters is 1. The van der Waals surface area contributed by atoms with Gasteiger partial charge < -0.3 is 18.9 Å². The van der Waals surface area contributed by atoms with Crippen molar-refractivity contribution in [1.82, 2.24) is 9.47 Å². The number of aromatic nitrogens is 1. The van der Waals surface area contributed by atoms with Gasteiger partial charge in [0.25, 0.3) is 0 Å². The van der Waals surface area contributed by atoms with Crippen LogP contribution in [-0.4, -0.2) is 43.2 Å². The van der Waals surface area contributed by atoms with Crippen molar-refractivity contribution in [2.75, 3.05) is 27.7 Å². The third kappa shape index (κ3) is 4.26. The van der Waals surface area contributed by atoms with E-state index in [9.17, 15) is 4.79 Å². The van der Waals surface area contributed by atoms with Crippen LogP contribution >= 0.6 is 11.6 Å². The van der Waals surface area contributed by atoms with Crippen LogP contribution in [0.1, 0.15) is 16.1 Å². The van der Waals surface area contributed by atoms with Crippen LogP contribution in [0.3, 0.4) is 0 Å². The third-order valence-corrected chi connectivity index (χ3v) is 4.59. The standard InChI is InChI=1S/C21H23ClN2O3/c1-23(2)11-12-24-18-10-9-16(22)13-17(18)20(19(24)21(25)26-3)27-14-15-7-5-4-6-8-15/h4-10,13H,11-12,14H2,1-3H3. The summed E-state index contributed by atoms with van der Waals surface area (Å²) in [7, 11) is 5.37. The van der Waals surface area contributed by atoms with Gasteiger partial charge in [0.05, 0.1) is 12.6 Å². The minimum Gasteiger partial charge on any atom is -0.486 e. The first-order valence-electron chi connectivity index (χ1n) is 8.72. The molecule has 3 rings (SSSR count). The molecule has 0 spiro atoms. The van der Waals surface area contributed by atoms with E-state index in [1.54, 1.807) is 0 Å². The monoisotopic (exact) mass is 386 g/mol. The Morgan fingerprint density at radius 2 is 1.89 bits per heavy atom. The maximum absolute atomic E-state index is 12.6. The molecule has 5 nitrogen and oxygen atoms in total.